The highest BCUT2D eigenvalue weighted by Gasteiger charge is 2.22. The molecular weight excluding hydrogens is 244 g/mol. The lowest BCUT2D eigenvalue weighted by atomic mass is 10.1. The van der Waals surface area contributed by atoms with E-state index in [0.29, 0.717) is 5.69 Å². The molecule has 1 unspecified atom stereocenters. The third kappa shape index (κ3) is 2.82. The van der Waals surface area contributed by atoms with Crippen LogP contribution < -0.4 is 0 Å². The molecule has 2 aromatic rings. The van der Waals surface area contributed by atoms with Gasteiger partial charge in [0.05, 0.1) is 12.3 Å². The molecule has 0 bridgehead atoms. The van der Waals surface area contributed by atoms with Gasteiger partial charge in [-0.15, -0.1) is 0 Å². The van der Waals surface area contributed by atoms with Crippen LogP contribution in [0.3, 0.4) is 0 Å². The number of hydrogen-bond donors (Lipinski definition) is 1. The lowest BCUT2D eigenvalue weighted by Gasteiger charge is -2.05. The Balaban J connectivity index is 2.29. The number of benzene rings is 1. The molecule has 0 aliphatic carbocycles. The highest BCUT2D eigenvalue weighted by atomic mass is 16.5. The first-order valence-electron chi connectivity index (χ1n) is 6.07. The molecule has 100 valence electrons. The molecule has 0 aliphatic rings. The Kier molecular flexibility index (Phi) is 3.97. The van der Waals surface area contributed by atoms with Crippen LogP contribution in [0.1, 0.15) is 18.7 Å². The van der Waals surface area contributed by atoms with Gasteiger partial charge in [0.1, 0.15) is 5.69 Å². The van der Waals surface area contributed by atoms with E-state index in [-0.39, 0.29) is 6.61 Å². The number of aromatic nitrogens is 2. The average Bonchev–Trinajstić information content (AvgIpc) is 2.81. The maximum Gasteiger partial charge on any atom is 0.341 e. The molecule has 1 aromatic heterocycles. The Morgan fingerprint density at radius 3 is 2.74 bits per heavy atom. The molecule has 0 amide bonds. The Morgan fingerprint density at radius 1 is 1.42 bits per heavy atom. The molecule has 1 heterocycles. The molecule has 0 spiro atoms. The van der Waals surface area contributed by atoms with Gasteiger partial charge in [-0.05, 0) is 18.6 Å². The zero-order chi connectivity index (χ0) is 13.8. The number of ether oxygens (including phenoxy) is 1. The molecule has 5 heteroatoms. The highest BCUT2D eigenvalue weighted by molar-refractivity contribution is 5.76. The van der Waals surface area contributed by atoms with Crippen LogP contribution in [-0.4, -0.2) is 27.5 Å². The fourth-order valence-electron chi connectivity index (χ4n) is 1.84. The van der Waals surface area contributed by atoms with Gasteiger partial charge in [0, 0.05) is 7.05 Å². The van der Waals surface area contributed by atoms with Crippen LogP contribution in [0.2, 0.25) is 0 Å². The van der Waals surface area contributed by atoms with Gasteiger partial charge in [-0.3, -0.25) is 4.68 Å². The molecule has 0 fully saturated rings. The maximum absolute atomic E-state index is 11.5. The highest BCUT2D eigenvalue weighted by Crippen LogP contribution is 2.22. The minimum Gasteiger partial charge on any atom is -0.464 e. The minimum atomic E-state index is -1.34. The van der Waals surface area contributed by atoms with E-state index in [2.05, 4.69) is 5.10 Å². The summed E-state index contributed by atoms with van der Waals surface area (Å²) in [6.07, 6.45) is -1.34. The van der Waals surface area contributed by atoms with Crippen molar-refractivity contribution < 1.29 is 14.6 Å². The van der Waals surface area contributed by atoms with Crippen molar-refractivity contribution >= 4 is 5.97 Å². The number of esters is 1. The average molecular weight is 260 g/mol. The number of rotatable bonds is 4. The van der Waals surface area contributed by atoms with Crippen molar-refractivity contribution in [1.82, 2.24) is 9.78 Å². The van der Waals surface area contributed by atoms with E-state index in [9.17, 15) is 9.90 Å². The first kappa shape index (κ1) is 13.3. The quantitative estimate of drug-likeness (QED) is 0.849. The summed E-state index contributed by atoms with van der Waals surface area (Å²) in [6, 6.07) is 11.3. The van der Waals surface area contributed by atoms with E-state index < -0.39 is 12.1 Å². The van der Waals surface area contributed by atoms with Crippen LogP contribution >= 0.6 is 0 Å². The molecule has 19 heavy (non-hydrogen) atoms. The Labute approximate surface area is 111 Å². The first-order chi connectivity index (χ1) is 9.13. The Bertz CT molecular complexity index is 563. The monoisotopic (exact) mass is 260 g/mol. The molecule has 0 saturated carbocycles. The lowest BCUT2D eigenvalue weighted by Crippen LogP contribution is -2.16. The van der Waals surface area contributed by atoms with Crippen molar-refractivity contribution in [2.45, 2.75) is 13.0 Å². The zero-order valence-corrected chi connectivity index (χ0v) is 10.9. The van der Waals surface area contributed by atoms with Crippen molar-refractivity contribution in [3.63, 3.8) is 0 Å². The van der Waals surface area contributed by atoms with Crippen molar-refractivity contribution in [2.24, 2.45) is 7.05 Å². The van der Waals surface area contributed by atoms with Gasteiger partial charge >= 0.3 is 5.97 Å². The topological polar surface area (TPSA) is 64.3 Å². The molecule has 0 saturated heterocycles. The number of hydrogen-bond acceptors (Lipinski definition) is 4. The molecule has 1 atom stereocenters. The van der Waals surface area contributed by atoms with Crippen LogP contribution in [0, 0.1) is 0 Å². The van der Waals surface area contributed by atoms with E-state index in [1.807, 2.05) is 30.3 Å². The van der Waals surface area contributed by atoms with E-state index in [1.54, 1.807) is 24.7 Å². The fourth-order valence-corrected chi connectivity index (χ4v) is 1.84. The maximum atomic E-state index is 11.5. The molecule has 2 rings (SSSR count). The summed E-state index contributed by atoms with van der Waals surface area (Å²) in [7, 11) is 1.77. The standard InChI is InChI=1S/C14H16N2O3/c1-3-19-14(18)13(17)11-9-12(16(2)15-11)10-7-5-4-6-8-10/h4-9,13,17H,3H2,1-2H3. The zero-order valence-electron chi connectivity index (χ0n) is 10.9. The normalized spacial score (nSPS) is 12.2. The number of nitrogens with zero attached hydrogens (tertiary/aromatic N) is 2. The first-order valence-corrected chi connectivity index (χ1v) is 6.07. The van der Waals surface area contributed by atoms with Crippen molar-refractivity contribution in [3.05, 3.63) is 42.1 Å². The fraction of sp³-hybridized carbons (Fsp3) is 0.286. The second-order valence-electron chi connectivity index (χ2n) is 4.10. The van der Waals surface area contributed by atoms with E-state index in [1.165, 1.54) is 0 Å². The summed E-state index contributed by atoms with van der Waals surface area (Å²) in [5, 5.41) is 14.0. The summed E-state index contributed by atoms with van der Waals surface area (Å²) in [6.45, 7) is 1.92. The smallest absolute Gasteiger partial charge is 0.341 e. The van der Waals surface area contributed by atoms with Gasteiger partial charge in [0.25, 0.3) is 0 Å². The van der Waals surface area contributed by atoms with E-state index in [4.69, 9.17) is 4.74 Å². The van der Waals surface area contributed by atoms with Crippen molar-refractivity contribution in [1.29, 1.82) is 0 Å². The van der Waals surface area contributed by atoms with Crippen LogP contribution in [0.25, 0.3) is 11.3 Å². The van der Waals surface area contributed by atoms with Gasteiger partial charge in [0.15, 0.2) is 6.10 Å². The number of aliphatic hydroxyl groups excluding tert-OH is 1. The van der Waals surface area contributed by atoms with Gasteiger partial charge in [-0.1, -0.05) is 30.3 Å². The van der Waals surface area contributed by atoms with E-state index in [0.717, 1.165) is 11.3 Å². The van der Waals surface area contributed by atoms with Gasteiger partial charge in [-0.25, -0.2) is 4.79 Å². The molecular formula is C14H16N2O3. The number of aryl methyl sites for hydroxylation is 1. The third-order valence-corrected chi connectivity index (χ3v) is 2.76. The summed E-state index contributed by atoms with van der Waals surface area (Å²) < 4.78 is 6.41. The molecule has 1 N–H and O–H groups in total. The molecule has 5 nitrogen and oxygen atoms in total. The van der Waals surface area contributed by atoms with Crippen LogP contribution in [-0.2, 0) is 16.6 Å². The Morgan fingerprint density at radius 2 is 2.11 bits per heavy atom. The summed E-state index contributed by atoms with van der Waals surface area (Å²) >= 11 is 0. The predicted octanol–water partition coefficient (Wildman–Crippen LogP) is 1.68. The minimum absolute atomic E-state index is 0.230. The predicted molar refractivity (Wildman–Crippen MR) is 70.2 cm³/mol. The molecule has 0 radical (unpaired) electrons. The van der Waals surface area contributed by atoms with Gasteiger partial charge in [-0.2, -0.15) is 5.10 Å². The summed E-state index contributed by atoms with van der Waals surface area (Å²) in [5.74, 6) is -0.680. The van der Waals surface area contributed by atoms with Gasteiger partial charge < -0.3 is 9.84 Å². The largest absolute Gasteiger partial charge is 0.464 e. The Hall–Kier alpha value is -2.14. The summed E-state index contributed by atoms with van der Waals surface area (Å²) in [4.78, 5) is 11.5. The summed E-state index contributed by atoms with van der Waals surface area (Å²) in [5.41, 5.74) is 2.10. The second-order valence-corrected chi connectivity index (χ2v) is 4.10. The number of carbonyl (C=O) groups excluding carboxylic acids is 1. The van der Waals surface area contributed by atoms with Crippen LogP contribution in [0.15, 0.2) is 36.4 Å². The SMILES string of the molecule is CCOC(=O)C(O)c1cc(-c2ccccc2)n(C)n1. The van der Waals surface area contributed by atoms with Gasteiger partial charge in [0.2, 0.25) is 0 Å². The van der Waals surface area contributed by atoms with Crippen molar-refractivity contribution in [2.75, 3.05) is 6.61 Å². The molecule has 0 aliphatic heterocycles. The second kappa shape index (κ2) is 5.67. The number of aliphatic hydroxyl groups is 1. The van der Waals surface area contributed by atoms with Crippen molar-refractivity contribution in [3.8, 4) is 11.3 Å². The van der Waals surface area contributed by atoms with E-state index >= 15 is 0 Å². The van der Waals surface area contributed by atoms with Crippen LogP contribution in [0.5, 0.6) is 0 Å². The third-order valence-electron chi connectivity index (χ3n) is 2.76. The lowest BCUT2D eigenvalue weighted by molar-refractivity contribution is -0.153. The number of carbonyl (C=O) groups is 1. The molecule has 1 aromatic carbocycles. The van der Waals surface area contributed by atoms with Crippen LogP contribution in [0.4, 0.5) is 0 Å².